The van der Waals surface area contributed by atoms with Crippen LogP contribution in [-0.2, 0) is 19.9 Å². The third-order valence-corrected chi connectivity index (χ3v) is 7.65. The molecule has 0 bridgehead atoms. The van der Waals surface area contributed by atoms with Crippen LogP contribution < -0.4 is 14.8 Å². The van der Waals surface area contributed by atoms with Crippen LogP contribution in [0, 0.1) is 5.92 Å². The number of methoxy groups -OCH3 is 2. The van der Waals surface area contributed by atoms with E-state index in [1.54, 1.807) is 21.1 Å². The number of alkyl halides is 1. The molecule has 216 valence electrons. The van der Waals surface area contributed by atoms with Gasteiger partial charge < -0.3 is 24.1 Å². The maximum atomic E-state index is 15.4. The van der Waals surface area contributed by atoms with Gasteiger partial charge in [-0.3, -0.25) is 15.0 Å². The molecule has 5 unspecified atom stereocenters. The van der Waals surface area contributed by atoms with E-state index in [2.05, 4.69) is 5.32 Å². The number of nitrogens with zero attached hydrogens (tertiary/aromatic N) is 1. The lowest BCUT2D eigenvalue weighted by atomic mass is 9.80. The van der Waals surface area contributed by atoms with Crippen LogP contribution in [0.1, 0.15) is 23.6 Å². The molecule has 2 aliphatic rings. The molecule has 5 rings (SSSR count). The van der Waals surface area contributed by atoms with E-state index < -0.39 is 48.1 Å². The van der Waals surface area contributed by atoms with Gasteiger partial charge in [-0.1, -0.05) is 61.5 Å². The van der Waals surface area contributed by atoms with Crippen molar-refractivity contribution in [2.75, 3.05) is 27.4 Å². The molecule has 3 amide bonds. The SMILES string of the molecule is COc1ccc(C(OCC2OC(N3CC(C)C(=O)NC3=O)C(F)C2O)(c2ccccc2)c2ccc(OC)cc2)cc1. The maximum Gasteiger partial charge on any atom is 0.326 e. The number of carbonyl (C=O) groups excluding carboxylic acids is 2. The fourth-order valence-electron chi connectivity index (χ4n) is 5.35. The minimum atomic E-state index is -1.90. The third-order valence-electron chi connectivity index (χ3n) is 7.65. The topological polar surface area (TPSA) is 107 Å². The first-order valence-electron chi connectivity index (χ1n) is 13.4. The van der Waals surface area contributed by atoms with Crippen molar-refractivity contribution >= 4 is 11.9 Å². The lowest BCUT2D eigenvalue weighted by molar-refractivity contribution is -0.131. The van der Waals surface area contributed by atoms with Gasteiger partial charge in [0.15, 0.2) is 12.4 Å². The number of benzene rings is 3. The average Bonchev–Trinajstić information content (AvgIpc) is 3.29. The summed E-state index contributed by atoms with van der Waals surface area (Å²) in [5.41, 5.74) is 1.12. The first-order chi connectivity index (χ1) is 19.8. The summed E-state index contributed by atoms with van der Waals surface area (Å²) in [6, 6.07) is 23.6. The van der Waals surface area contributed by atoms with Crippen molar-refractivity contribution < 1.29 is 38.0 Å². The van der Waals surface area contributed by atoms with Gasteiger partial charge >= 0.3 is 6.03 Å². The number of hydrogen-bond acceptors (Lipinski definition) is 7. The standard InChI is InChI=1S/C31H33FN2O7/c1-19-17-34(30(37)33-28(19)36)29-26(32)27(35)25(41-29)18-40-31(20-7-5-4-6-8-20,21-9-13-23(38-2)14-10-21)22-11-15-24(39-3)16-12-22/h4-16,19,25-27,29,35H,17-18H2,1-3H3,(H,33,36,37). The molecule has 2 N–H and O–H groups in total. The number of urea groups is 1. The number of aliphatic hydroxyl groups is 1. The fraction of sp³-hybridized carbons (Fsp3) is 0.355. The predicted molar refractivity (Wildman–Crippen MR) is 147 cm³/mol. The zero-order valence-electron chi connectivity index (χ0n) is 23.0. The largest absolute Gasteiger partial charge is 0.497 e. The van der Waals surface area contributed by atoms with Gasteiger partial charge in [0.05, 0.1) is 26.7 Å². The molecule has 2 heterocycles. The number of hydrogen-bond donors (Lipinski definition) is 2. The average molecular weight is 565 g/mol. The normalized spacial score (nSPS) is 24.7. The Morgan fingerprint density at radius 1 is 0.927 bits per heavy atom. The summed E-state index contributed by atoms with van der Waals surface area (Å²) >= 11 is 0. The van der Waals surface area contributed by atoms with Crippen LogP contribution in [0.5, 0.6) is 11.5 Å². The summed E-state index contributed by atoms with van der Waals surface area (Å²) in [7, 11) is 3.17. The van der Waals surface area contributed by atoms with E-state index in [4.69, 9.17) is 18.9 Å². The molecular weight excluding hydrogens is 531 g/mol. The first kappa shape index (κ1) is 28.5. The zero-order valence-corrected chi connectivity index (χ0v) is 23.0. The van der Waals surface area contributed by atoms with Crippen molar-refractivity contribution in [3.63, 3.8) is 0 Å². The lowest BCUT2D eigenvalue weighted by Crippen LogP contribution is -2.59. The number of halogens is 1. The van der Waals surface area contributed by atoms with Crippen LogP contribution in [0.2, 0.25) is 0 Å². The second kappa shape index (κ2) is 11.9. The Morgan fingerprint density at radius 3 is 2.00 bits per heavy atom. The second-order valence-electron chi connectivity index (χ2n) is 10.2. The van der Waals surface area contributed by atoms with Gasteiger partial charge in [-0.2, -0.15) is 0 Å². The van der Waals surface area contributed by atoms with Crippen molar-refractivity contribution in [3.8, 4) is 11.5 Å². The summed E-state index contributed by atoms with van der Waals surface area (Å²) in [4.78, 5) is 25.5. The van der Waals surface area contributed by atoms with Crippen LogP contribution in [0.25, 0.3) is 0 Å². The molecule has 10 heteroatoms. The summed E-state index contributed by atoms with van der Waals surface area (Å²) in [5.74, 6) is 0.338. The Balaban J connectivity index is 1.51. The first-order valence-corrected chi connectivity index (χ1v) is 13.4. The number of aliphatic hydroxyl groups excluding tert-OH is 1. The molecule has 3 aromatic carbocycles. The van der Waals surface area contributed by atoms with E-state index in [1.807, 2.05) is 78.9 Å². The molecule has 0 saturated carbocycles. The van der Waals surface area contributed by atoms with Crippen molar-refractivity contribution in [1.82, 2.24) is 10.2 Å². The summed E-state index contributed by atoms with van der Waals surface area (Å²) in [6.45, 7) is 1.39. The highest BCUT2D eigenvalue weighted by Crippen LogP contribution is 2.42. The van der Waals surface area contributed by atoms with Crippen LogP contribution >= 0.6 is 0 Å². The fourth-order valence-corrected chi connectivity index (χ4v) is 5.35. The minimum Gasteiger partial charge on any atom is -0.497 e. The minimum absolute atomic E-state index is 0.0261. The number of nitrogens with one attached hydrogen (secondary N) is 1. The number of ether oxygens (including phenoxy) is 4. The van der Waals surface area contributed by atoms with Gasteiger partial charge in [0, 0.05) is 6.54 Å². The molecule has 0 radical (unpaired) electrons. The van der Waals surface area contributed by atoms with Gasteiger partial charge in [0.1, 0.15) is 29.3 Å². The Morgan fingerprint density at radius 2 is 1.46 bits per heavy atom. The van der Waals surface area contributed by atoms with Crippen molar-refractivity contribution in [2.45, 2.75) is 37.1 Å². The summed E-state index contributed by atoms with van der Waals surface area (Å²) < 4.78 is 38.8. The van der Waals surface area contributed by atoms with E-state index in [1.165, 1.54) is 0 Å². The van der Waals surface area contributed by atoms with E-state index in [-0.39, 0.29) is 13.2 Å². The monoisotopic (exact) mass is 564 g/mol. The Bertz CT molecular complexity index is 1310. The summed E-state index contributed by atoms with van der Waals surface area (Å²) in [5, 5.41) is 13.1. The number of amides is 3. The van der Waals surface area contributed by atoms with Crippen LogP contribution in [0.15, 0.2) is 78.9 Å². The van der Waals surface area contributed by atoms with E-state index in [9.17, 15) is 14.7 Å². The number of rotatable bonds is 9. The highest BCUT2D eigenvalue weighted by Gasteiger charge is 2.51. The number of carbonyl (C=O) groups is 2. The molecular formula is C31H33FN2O7. The van der Waals surface area contributed by atoms with Gasteiger partial charge in [0.2, 0.25) is 5.91 Å². The van der Waals surface area contributed by atoms with Crippen LogP contribution in [0.4, 0.5) is 9.18 Å². The van der Waals surface area contributed by atoms with Gasteiger partial charge in [0.25, 0.3) is 0 Å². The Hall–Kier alpha value is -3.99. The predicted octanol–water partition coefficient (Wildman–Crippen LogP) is 3.62. The van der Waals surface area contributed by atoms with Crippen molar-refractivity contribution in [1.29, 1.82) is 0 Å². The molecule has 0 aromatic heterocycles. The third kappa shape index (κ3) is 5.38. The van der Waals surface area contributed by atoms with Gasteiger partial charge in [-0.05, 0) is 41.0 Å². The van der Waals surface area contributed by atoms with E-state index in [0.717, 1.165) is 21.6 Å². The quantitative estimate of drug-likeness (QED) is 0.383. The van der Waals surface area contributed by atoms with Crippen molar-refractivity contribution in [3.05, 3.63) is 95.6 Å². The molecule has 2 aliphatic heterocycles. The highest BCUT2D eigenvalue weighted by molar-refractivity contribution is 5.97. The lowest BCUT2D eigenvalue weighted by Gasteiger charge is -2.37. The molecule has 9 nitrogen and oxygen atoms in total. The van der Waals surface area contributed by atoms with Gasteiger partial charge in [-0.15, -0.1) is 0 Å². The van der Waals surface area contributed by atoms with Crippen LogP contribution in [0.3, 0.4) is 0 Å². The molecule has 2 saturated heterocycles. The molecule has 5 atom stereocenters. The zero-order chi connectivity index (χ0) is 29.1. The summed E-state index contributed by atoms with van der Waals surface area (Å²) in [6.07, 6.45) is -5.94. The molecule has 3 aromatic rings. The Kier molecular flexibility index (Phi) is 8.25. The van der Waals surface area contributed by atoms with Gasteiger partial charge in [-0.25, -0.2) is 9.18 Å². The maximum absolute atomic E-state index is 15.4. The smallest absolute Gasteiger partial charge is 0.326 e. The van der Waals surface area contributed by atoms with E-state index >= 15 is 4.39 Å². The van der Waals surface area contributed by atoms with Crippen LogP contribution in [-0.4, -0.2) is 73.9 Å². The number of imide groups is 1. The molecule has 41 heavy (non-hydrogen) atoms. The molecule has 0 spiro atoms. The second-order valence-corrected chi connectivity index (χ2v) is 10.2. The van der Waals surface area contributed by atoms with Crippen molar-refractivity contribution in [2.24, 2.45) is 5.92 Å². The van der Waals surface area contributed by atoms with E-state index in [0.29, 0.717) is 11.5 Å². The Labute approximate surface area is 237 Å². The molecule has 0 aliphatic carbocycles. The highest BCUT2D eigenvalue weighted by atomic mass is 19.1. The molecule has 2 fully saturated rings.